The zero-order chi connectivity index (χ0) is 16.0. The SMILES string of the molecule is CC(=O)Nc1nc2c(s1)-c1c(c(N)nn1-c1ccccc1)CC2. The molecular formula is C16H15N5OS. The number of rotatable bonds is 2. The van der Waals surface area contributed by atoms with E-state index in [1.807, 2.05) is 35.0 Å². The molecule has 1 aromatic carbocycles. The molecule has 0 fully saturated rings. The van der Waals surface area contributed by atoms with Crippen LogP contribution in [0.15, 0.2) is 30.3 Å². The van der Waals surface area contributed by atoms with Gasteiger partial charge in [0.2, 0.25) is 5.91 Å². The Morgan fingerprint density at radius 3 is 2.83 bits per heavy atom. The minimum Gasteiger partial charge on any atom is -0.382 e. The van der Waals surface area contributed by atoms with E-state index in [0.717, 1.165) is 40.4 Å². The molecule has 1 amide bonds. The molecule has 7 heteroatoms. The third-order valence-electron chi connectivity index (χ3n) is 3.82. The van der Waals surface area contributed by atoms with Gasteiger partial charge in [0.25, 0.3) is 0 Å². The average molecular weight is 325 g/mol. The number of fused-ring (bicyclic) bond motifs is 3. The molecule has 23 heavy (non-hydrogen) atoms. The quantitative estimate of drug-likeness (QED) is 0.758. The second kappa shape index (κ2) is 5.20. The second-order valence-corrected chi connectivity index (χ2v) is 6.43. The van der Waals surface area contributed by atoms with Crippen molar-refractivity contribution in [2.75, 3.05) is 11.1 Å². The van der Waals surface area contributed by atoms with E-state index in [0.29, 0.717) is 10.9 Å². The highest BCUT2D eigenvalue weighted by Gasteiger charge is 2.28. The molecule has 0 unspecified atom stereocenters. The molecule has 0 saturated heterocycles. The summed E-state index contributed by atoms with van der Waals surface area (Å²) in [5, 5.41) is 7.90. The molecule has 4 rings (SSSR count). The van der Waals surface area contributed by atoms with Crippen molar-refractivity contribution in [3.63, 3.8) is 0 Å². The van der Waals surface area contributed by atoms with Gasteiger partial charge in [-0.2, -0.15) is 0 Å². The zero-order valence-electron chi connectivity index (χ0n) is 12.5. The number of nitrogens with one attached hydrogen (secondary N) is 1. The van der Waals surface area contributed by atoms with Gasteiger partial charge < -0.3 is 11.1 Å². The van der Waals surface area contributed by atoms with Gasteiger partial charge in [-0.1, -0.05) is 29.5 Å². The van der Waals surface area contributed by atoms with E-state index in [1.165, 1.54) is 18.3 Å². The fraction of sp³-hybridized carbons (Fsp3) is 0.188. The Balaban J connectivity index is 1.89. The summed E-state index contributed by atoms with van der Waals surface area (Å²) in [4.78, 5) is 16.9. The van der Waals surface area contributed by atoms with Crippen molar-refractivity contribution in [1.82, 2.24) is 14.8 Å². The first kappa shape index (κ1) is 14.0. The molecule has 3 N–H and O–H groups in total. The summed E-state index contributed by atoms with van der Waals surface area (Å²) in [6.45, 7) is 1.48. The van der Waals surface area contributed by atoms with Crippen molar-refractivity contribution >= 4 is 28.2 Å². The summed E-state index contributed by atoms with van der Waals surface area (Å²) in [5.74, 6) is 0.441. The van der Waals surface area contributed by atoms with E-state index < -0.39 is 0 Å². The Morgan fingerprint density at radius 1 is 1.30 bits per heavy atom. The number of nitrogens with zero attached hydrogens (tertiary/aromatic N) is 3. The Morgan fingerprint density at radius 2 is 2.09 bits per heavy atom. The molecule has 1 aliphatic rings. The molecule has 0 bridgehead atoms. The van der Waals surface area contributed by atoms with Crippen LogP contribution in [0.1, 0.15) is 18.2 Å². The smallest absolute Gasteiger partial charge is 0.223 e. The maximum atomic E-state index is 11.3. The lowest BCUT2D eigenvalue weighted by molar-refractivity contribution is -0.114. The van der Waals surface area contributed by atoms with Gasteiger partial charge in [-0.15, -0.1) is 5.10 Å². The van der Waals surface area contributed by atoms with E-state index in [9.17, 15) is 4.79 Å². The van der Waals surface area contributed by atoms with Crippen LogP contribution >= 0.6 is 11.3 Å². The Hall–Kier alpha value is -2.67. The van der Waals surface area contributed by atoms with Gasteiger partial charge in [-0.05, 0) is 25.0 Å². The van der Waals surface area contributed by atoms with E-state index in [2.05, 4.69) is 15.4 Å². The summed E-state index contributed by atoms with van der Waals surface area (Å²) in [5.41, 5.74) is 10.1. The standard InChI is InChI=1S/C16H15N5OS/c1-9(22)18-16-19-12-8-7-11-13(14(12)23-16)21(20-15(11)17)10-5-3-2-4-6-10/h2-6H,7-8H2,1H3,(H2,17,20)(H,18,19,22). The number of hydrogen-bond donors (Lipinski definition) is 2. The number of thiazole rings is 1. The van der Waals surface area contributed by atoms with Gasteiger partial charge in [-0.3, -0.25) is 4.79 Å². The minimum atomic E-state index is -0.118. The first-order chi connectivity index (χ1) is 11.1. The number of amides is 1. The number of aromatic nitrogens is 3. The summed E-state index contributed by atoms with van der Waals surface area (Å²) in [6, 6.07) is 9.90. The molecule has 0 aliphatic heterocycles. The number of aryl methyl sites for hydroxylation is 1. The Kier molecular flexibility index (Phi) is 3.16. The highest BCUT2D eigenvalue weighted by Crippen LogP contribution is 2.42. The molecule has 2 heterocycles. The number of hydrogen-bond acceptors (Lipinski definition) is 5. The number of nitrogen functional groups attached to an aromatic ring is 1. The number of anilines is 2. The van der Waals surface area contributed by atoms with Gasteiger partial charge in [0.05, 0.1) is 22.0 Å². The molecular weight excluding hydrogens is 310 g/mol. The Labute approximate surface area is 137 Å². The van der Waals surface area contributed by atoms with Crippen LogP contribution in [0.25, 0.3) is 16.3 Å². The second-order valence-electron chi connectivity index (χ2n) is 5.44. The van der Waals surface area contributed by atoms with Crippen LogP contribution < -0.4 is 11.1 Å². The van der Waals surface area contributed by atoms with Crippen LogP contribution in [-0.4, -0.2) is 20.7 Å². The van der Waals surface area contributed by atoms with Crippen molar-refractivity contribution in [3.05, 3.63) is 41.6 Å². The Bertz CT molecular complexity index is 897. The third-order valence-corrected chi connectivity index (χ3v) is 4.84. The zero-order valence-corrected chi connectivity index (χ0v) is 13.4. The van der Waals surface area contributed by atoms with Gasteiger partial charge in [0.1, 0.15) is 5.82 Å². The lowest BCUT2D eigenvalue weighted by atomic mass is 9.99. The van der Waals surface area contributed by atoms with Gasteiger partial charge >= 0.3 is 0 Å². The van der Waals surface area contributed by atoms with Crippen molar-refractivity contribution in [2.24, 2.45) is 0 Å². The van der Waals surface area contributed by atoms with Gasteiger partial charge in [-0.25, -0.2) is 9.67 Å². The van der Waals surface area contributed by atoms with E-state index in [1.54, 1.807) is 0 Å². The monoisotopic (exact) mass is 325 g/mol. The summed E-state index contributed by atoms with van der Waals surface area (Å²) >= 11 is 1.47. The van der Waals surface area contributed by atoms with Crippen LogP contribution in [0, 0.1) is 0 Å². The van der Waals surface area contributed by atoms with Crippen molar-refractivity contribution < 1.29 is 4.79 Å². The molecule has 6 nitrogen and oxygen atoms in total. The molecule has 2 aromatic heterocycles. The normalized spacial score (nSPS) is 12.6. The molecule has 1 aliphatic carbocycles. The fourth-order valence-electron chi connectivity index (χ4n) is 2.86. The highest BCUT2D eigenvalue weighted by atomic mass is 32.1. The van der Waals surface area contributed by atoms with Crippen molar-refractivity contribution in [3.8, 4) is 16.3 Å². The topological polar surface area (TPSA) is 85.8 Å². The predicted molar refractivity (Wildman–Crippen MR) is 90.8 cm³/mol. The van der Waals surface area contributed by atoms with Crippen LogP contribution in [0.3, 0.4) is 0 Å². The van der Waals surface area contributed by atoms with Crippen molar-refractivity contribution in [1.29, 1.82) is 0 Å². The fourth-order valence-corrected chi connectivity index (χ4v) is 3.97. The average Bonchev–Trinajstić information content (AvgIpc) is 3.08. The number of carbonyl (C=O) groups is 1. The van der Waals surface area contributed by atoms with Gasteiger partial charge in [0, 0.05) is 12.5 Å². The van der Waals surface area contributed by atoms with E-state index in [4.69, 9.17) is 5.73 Å². The van der Waals surface area contributed by atoms with E-state index >= 15 is 0 Å². The van der Waals surface area contributed by atoms with Crippen LogP contribution in [0.4, 0.5) is 10.9 Å². The number of benzene rings is 1. The molecule has 0 spiro atoms. The molecule has 0 radical (unpaired) electrons. The lowest BCUT2D eigenvalue weighted by Crippen LogP contribution is -2.07. The first-order valence-corrected chi connectivity index (χ1v) is 8.15. The number of nitrogens with two attached hydrogens (primary N) is 1. The highest BCUT2D eigenvalue weighted by molar-refractivity contribution is 7.19. The lowest BCUT2D eigenvalue weighted by Gasteiger charge is -2.13. The molecule has 0 atom stereocenters. The third kappa shape index (κ3) is 2.29. The molecule has 3 aromatic rings. The van der Waals surface area contributed by atoms with Crippen LogP contribution in [0.5, 0.6) is 0 Å². The summed E-state index contributed by atoms with van der Waals surface area (Å²) in [6.07, 6.45) is 1.62. The first-order valence-electron chi connectivity index (χ1n) is 7.34. The van der Waals surface area contributed by atoms with Crippen molar-refractivity contribution in [2.45, 2.75) is 19.8 Å². The minimum absolute atomic E-state index is 0.118. The van der Waals surface area contributed by atoms with Crippen LogP contribution in [0.2, 0.25) is 0 Å². The van der Waals surface area contributed by atoms with Gasteiger partial charge in [0.15, 0.2) is 5.13 Å². The van der Waals surface area contributed by atoms with Crippen LogP contribution in [-0.2, 0) is 17.6 Å². The largest absolute Gasteiger partial charge is 0.382 e. The number of para-hydroxylation sites is 1. The summed E-state index contributed by atoms with van der Waals surface area (Å²) < 4.78 is 1.87. The maximum absolute atomic E-state index is 11.3. The number of carbonyl (C=O) groups excluding carboxylic acids is 1. The van der Waals surface area contributed by atoms with E-state index in [-0.39, 0.29) is 5.91 Å². The summed E-state index contributed by atoms with van der Waals surface area (Å²) in [7, 11) is 0. The maximum Gasteiger partial charge on any atom is 0.223 e. The predicted octanol–water partition coefficient (Wildman–Crippen LogP) is 2.64. The molecule has 0 saturated carbocycles. The molecule has 116 valence electrons.